The molecule has 0 heterocycles. The quantitative estimate of drug-likeness (QED) is 0.0261. The largest absolute Gasteiger partial charge is 0.462 e. The maximum atomic E-state index is 12.9. The topological polar surface area (TPSA) is 78.9 Å². The Balaban J connectivity index is 4.27. The third kappa shape index (κ3) is 66.1. The SMILES string of the molecule is CC/C=C\C/C=C\C/C=C\C/C=C\CCCCCCCCC(=O)OC(COC(=O)CCCCCCCCCCCCCCCCCC)COC(=O)CCCCCCCCCCCCCCCCCCCCCCCCCCCC. The molecule has 0 fully saturated rings. The minimum Gasteiger partial charge on any atom is -0.462 e. The molecule has 6 nitrogen and oxygen atoms in total. The van der Waals surface area contributed by atoms with Gasteiger partial charge in [-0.25, -0.2) is 0 Å². The molecule has 0 aliphatic heterocycles. The molecule has 79 heavy (non-hydrogen) atoms. The van der Waals surface area contributed by atoms with Gasteiger partial charge in [0.15, 0.2) is 6.10 Å². The molecule has 0 aromatic rings. The fourth-order valence-corrected chi connectivity index (χ4v) is 10.6. The molecule has 0 aliphatic carbocycles. The van der Waals surface area contributed by atoms with Crippen molar-refractivity contribution in [2.75, 3.05) is 13.2 Å². The van der Waals surface area contributed by atoms with Gasteiger partial charge in [-0.15, -0.1) is 0 Å². The second-order valence-electron chi connectivity index (χ2n) is 23.8. The normalized spacial score (nSPS) is 12.3. The predicted octanol–water partition coefficient (Wildman–Crippen LogP) is 24.1. The first-order valence-electron chi connectivity index (χ1n) is 35.1. The molecule has 0 saturated heterocycles. The van der Waals surface area contributed by atoms with Crippen LogP contribution in [0.4, 0.5) is 0 Å². The Bertz CT molecular complexity index is 1360. The van der Waals surface area contributed by atoms with Gasteiger partial charge in [-0.1, -0.05) is 352 Å². The Morgan fingerprint density at radius 1 is 0.266 bits per heavy atom. The third-order valence-corrected chi connectivity index (χ3v) is 15.8. The van der Waals surface area contributed by atoms with Crippen LogP contribution < -0.4 is 0 Å². The van der Waals surface area contributed by atoms with Gasteiger partial charge >= 0.3 is 17.9 Å². The van der Waals surface area contributed by atoms with Crippen molar-refractivity contribution >= 4 is 17.9 Å². The number of allylic oxidation sites excluding steroid dienone is 8. The molecule has 1 unspecified atom stereocenters. The van der Waals surface area contributed by atoms with Crippen molar-refractivity contribution in [3.05, 3.63) is 48.6 Å². The van der Waals surface area contributed by atoms with Crippen molar-refractivity contribution in [1.82, 2.24) is 0 Å². The molecule has 6 heteroatoms. The van der Waals surface area contributed by atoms with Gasteiger partial charge < -0.3 is 14.2 Å². The summed E-state index contributed by atoms with van der Waals surface area (Å²) in [4.78, 5) is 38.4. The van der Waals surface area contributed by atoms with Crippen molar-refractivity contribution < 1.29 is 28.6 Å². The van der Waals surface area contributed by atoms with Crippen LogP contribution in [0.3, 0.4) is 0 Å². The first kappa shape index (κ1) is 76.4. The molecule has 0 bridgehead atoms. The lowest BCUT2D eigenvalue weighted by molar-refractivity contribution is -0.167. The Labute approximate surface area is 492 Å². The second-order valence-corrected chi connectivity index (χ2v) is 23.8. The molecule has 0 radical (unpaired) electrons. The fourth-order valence-electron chi connectivity index (χ4n) is 10.6. The molecule has 0 rings (SSSR count). The predicted molar refractivity (Wildman–Crippen MR) is 344 cm³/mol. The van der Waals surface area contributed by atoms with E-state index in [4.69, 9.17) is 14.2 Å². The second kappa shape index (κ2) is 67.9. The molecule has 0 aromatic heterocycles. The van der Waals surface area contributed by atoms with E-state index >= 15 is 0 Å². The van der Waals surface area contributed by atoms with Gasteiger partial charge in [0, 0.05) is 19.3 Å². The van der Waals surface area contributed by atoms with Crippen molar-refractivity contribution in [3.63, 3.8) is 0 Å². The van der Waals surface area contributed by atoms with E-state index < -0.39 is 6.10 Å². The highest BCUT2D eigenvalue weighted by Gasteiger charge is 2.19. The third-order valence-electron chi connectivity index (χ3n) is 15.8. The number of carbonyl (C=O) groups excluding carboxylic acids is 3. The molecular weight excluding hydrogens is 973 g/mol. The van der Waals surface area contributed by atoms with Crippen molar-refractivity contribution in [1.29, 1.82) is 0 Å². The molecule has 0 saturated carbocycles. The van der Waals surface area contributed by atoms with Crippen molar-refractivity contribution in [2.45, 2.75) is 386 Å². The maximum absolute atomic E-state index is 12.9. The van der Waals surface area contributed by atoms with Crippen LogP contribution >= 0.6 is 0 Å². The summed E-state index contributed by atoms with van der Waals surface area (Å²) < 4.78 is 17.0. The summed E-state index contributed by atoms with van der Waals surface area (Å²) in [6.45, 7) is 6.59. The van der Waals surface area contributed by atoms with Crippen LogP contribution in [0.2, 0.25) is 0 Å². The summed E-state index contributed by atoms with van der Waals surface area (Å²) in [5.74, 6) is -0.859. The minimum absolute atomic E-state index is 0.0738. The molecule has 0 spiro atoms. The lowest BCUT2D eigenvalue weighted by Crippen LogP contribution is -2.30. The number of hydrogen-bond acceptors (Lipinski definition) is 6. The van der Waals surface area contributed by atoms with Crippen molar-refractivity contribution in [2.24, 2.45) is 0 Å². The van der Waals surface area contributed by atoms with Gasteiger partial charge in [0.1, 0.15) is 13.2 Å². The summed E-state index contributed by atoms with van der Waals surface area (Å²) in [5.41, 5.74) is 0. The summed E-state index contributed by atoms with van der Waals surface area (Å²) in [7, 11) is 0. The Hall–Kier alpha value is -2.63. The van der Waals surface area contributed by atoms with Gasteiger partial charge in [-0.3, -0.25) is 14.4 Å². The Morgan fingerprint density at radius 2 is 0.494 bits per heavy atom. The highest BCUT2D eigenvalue weighted by Crippen LogP contribution is 2.19. The highest BCUT2D eigenvalue weighted by molar-refractivity contribution is 5.71. The van der Waals surface area contributed by atoms with Crippen LogP contribution in [0, 0.1) is 0 Å². The summed E-state index contributed by atoms with van der Waals surface area (Å²) >= 11 is 0. The monoisotopic (exact) mass is 1110 g/mol. The molecule has 462 valence electrons. The number of carbonyl (C=O) groups is 3. The average molecular weight is 1110 g/mol. The number of ether oxygens (including phenoxy) is 3. The van der Waals surface area contributed by atoms with Crippen molar-refractivity contribution in [3.8, 4) is 0 Å². The smallest absolute Gasteiger partial charge is 0.306 e. The summed E-state index contributed by atoms with van der Waals surface area (Å²) in [6.07, 6.45) is 85.7. The summed E-state index contributed by atoms with van der Waals surface area (Å²) in [5, 5.41) is 0. The van der Waals surface area contributed by atoms with Gasteiger partial charge in [0.2, 0.25) is 0 Å². The average Bonchev–Trinajstić information content (AvgIpc) is 3.45. The number of rotatable bonds is 65. The molecule has 0 amide bonds. The first-order chi connectivity index (χ1) is 39.0. The van der Waals surface area contributed by atoms with Gasteiger partial charge in [0.05, 0.1) is 0 Å². The molecule has 0 N–H and O–H groups in total. The van der Waals surface area contributed by atoms with E-state index in [1.165, 1.54) is 244 Å². The van der Waals surface area contributed by atoms with Crippen LogP contribution in [0.5, 0.6) is 0 Å². The van der Waals surface area contributed by atoms with E-state index in [2.05, 4.69) is 69.4 Å². The maximum Gasteiger partial charge on any atom is 0.306 e. The van der Waals surface area contributed by atoms with E-state index in [0.717, 1.165) is 96.3 Å². The Kier molecular flexibility index (Phi) is 65.6. The van der Waals surface area contributed by atoms with E-state index in [1.807, 2.05) is 0 Å². The molecule has 1 atom stereocenters. The number of unbranched alkanes of at least 4 members (excludes halogenated alkanes) is 46. The number of hydrogen-bond donors (Lipinski definition) is 0. The summed E-state index contributed by atoms with van der Waals surface area (Å²) in [6, 6.07) is 0. The van der Waals surface area contributed by atoms with Gasteiger partial charge in [-0.2, -0.15) is 0 Å². The zero-order valence-corrected chi connectivity index (χ0v) is 53.2. The van der Waals surface area contributed by atoms with Crippen LogP contribution in [0.25, 0.3) is 0 Å². The van der Waals surface area contributed by atoms with Gasteiger partial charge in [0.25, 0.3) is 0 Å². The zero-order chi connectivity index (χ0) is 57.1. The Morgan fingerprint density at radius 3 is 0.772 bits per heavy atom. The lowest BCUT2D eigenvalue weighted by atomic mass is 10.0. The van der Waals surface area contributed by atoms with E-state index in [-0.39, 0.29) is 31.1 Å². The first-order valence-corrected chi connectivity index (χ1v) is 35.1. The van der Waals surface area contributed by atoms with Crippen LogP contribution in [0.1, 0.15) is 380 Å². The van der Waals surface area contributed by atoms with Crippen LogP contribution in [0.15, 0.2) is 48.6 Å². The van der Waals surface area contributed by atoms with Crippen LogP contribution in [-0.4, -0.2) is 37.2 Å². The molecule has 0 aliphatic rings. The van der Waals surface area contributed by atoms with Gasteiger partial charge in [-0.05, 0) is 57.8 Å². The number of esters is 3. The van der Waals surface area contributed by atoms with E-state index in [9.17, 15) is 14.4 Å². The zero-order valence-electron chi connectivity index (χ0n) is 53.2. The van der Waals surface area contributed by atoms with E-state index in [0.29, 0.717) is 19.3 Å². The standard InChI is InChI=1S/C73H134O6/c1-4-7-10-13-16-19-22-25-28-31-33-34-35-36-37-38-39-41-42-45-48-51-54-57-60-63-66-72(75)78-69-70(68-77-71(74)65-62-59-56-53-50-47-44-30-27-24-21-18-15-12-9-6-3)79-73(76)67-64-61-58-55-52-49-46-43-40-32-29-26-23-20-17-14-11-8-5-2/h8,11,17,20,26,29,40,43,70H,4-7,9-10,12-16,18-19,21-25,27-28,30-39,41-42,44-69H2,1-3H3/b11-8-,20-17-,29-26-,43-40-. The van der Waals surface area contributed by atoms with E-state index in [1.54, 1.807) is 0 Å². The highest BCUT2D eigenvalue weighted by atomic mass is 16.6. The molecular formula is C73H134O6. The minimum atomic E-state index is -0.779. The lowest BCUT2D eigenvalue weighted by Gasteiger charge is -2.18. The fraction of sp³-hybridized carbons (Fsp3) is 0.849. The molecule has 0 aromatic carbocycles. The van der Waals surface area contributed by atoms with Crippen LogP contribution in [-0.2, 0) is 28.6 Å².